The number of rotatable bonds is 4. The van der Waals surface area contributed by atoms with Gasteiger partial charge in [-0.2, -0.15) is 5.10 Å². The largest absolute Gasteiger partial charge is 0.573 e. The summed E-state index contributed by atoms with van der Waals surface area (Å²) in [4.78, 5) is 0. The summed E-state index contributed by atoms with van der Waals surface area (Å²) in [5, 5.41) is 4.35. The van der Waals surface area contributed by atoms with Crippen molar-refractivity contribution in [3.8, 4) is 17.0 Å². The van der Waals surface area contributed by atoms with Crippen LogP contribution in [0.1, 0.15) is 13.8 Å². The predicted molar refractivity (Wildman–Crippen MR) is 73.6 cm³/mol. The predicted octanol–water partition coefficient (Wildman–Crippen LogP) is 3.69. The SMILES string of the molecule is CC(C)Cn1cc(N)c(-c2ccc(OC(F)(F)F)cc2)n1. The molecule has 0 radical (unpaired) electrons. The summed E-state index contributed by atoms with van der Waals surface area (Å²) in [6, 6.07) is 5.48. The Morgan fingerprint density at radius 3 is 2.38 bits per heavy atom. The van der Waals surface area contributed by atoms with Gasteiger partial charge in [0.15, 0.2) is 0 Å². The number of halogens is 3. The summed E-state index contributed by atoms with van der Waals surface area (Å²) < 4.78 is 41.8. The second-order valence-corrected chi connectivity index (χ2v) is 5.12. The highest BCUT2D eigenvalue weighted by atomic mass is 19.4. The first-order chi connectivity index (χ1) is 9.74. The van der Waals surface area contributed by atoms with Crippen LogP contribution < -0.4 is 10.5 Å². The third-order valence-electron chi connectivity index (χ3n) is 2.70. The van der Waals surface area contributed by atoms with Crippen molar-refractivity contribution in [2.75, 3.05) is 5.73 Å². The molecular weight excluding hydrogens is 283 g/mol. The van der Waals surface area contributed by atoms with Gasteiger partial charge in [-0.05, 0) is 30.2 Å². The minimum atomic E-state index is -4.70. The van der Waals surface area contributed by atoms with Crippen LogP contribution in [0.3, 0.4) is 0 Å². The Kier molecular flexibility index (Phi) is 4.11. The van der Waals surface area contributed by atoms with Gasteiger partial charge in [-0.1, -0.05) is 13.8 Å². The lowest BCUT2D eigenvalue weighted by Crippen LogP contribution is -2.16. The Hall–Kier alpha value is -2.18. The smallest absolute Gasteiger partial charge is 0.406 e. The van der Waals surface area contributed by atoms with Gasteiger partial charge in [0.1, 0.15) is 11.4 Å². The molecule has 0 unspecified atom stereocenters. The molecule has 7 heteroatoms. The zero-order valence-corrected chi connectivity index (χ0v) is 11.7. The molecule has 0 fully saturated rings. The summed E-state index contributed by atoms with van der Waals surface area (Å²) in [5.74, 6) is 0.145. The molecule has 0 saturated carbocycles. The molecule has 2 rings (SSSR count). The van der Waals surface area contributed by atoms with Gasteiger partial charge in [0.2, 0.25) is 0 Å². The minimum Gasteiger partial charge on any atom is -0.406 e. The van der Waals surface area contributed by atoms with Gasteiger partial charge in [0.25, 0.3) is 0 Å². The summed E-state index contributed by atoms with van der Waals surface area (Å²) in [6.45, 7) is 4.83. The number of ether oxygens (including phenoxy) is 1. The first-order valence-corrected chi connectivity index (χ1v) is 6.43. The number of nitrogens with two attached hydrogens (primary N) is 1. The molecule has 1 heterocycles. The van der Waals surface area contributed by atoms with E-state index in [9.17, 15) is 13.2 Å². The van der Waals surface area contributed by atoms with Crippen LogP contribution in [0.15, 0.2) is 30.5 Å². The van der Waals surface area contributed by atoms with Gasteiger partial charge in [0, 0.05) is 18.3 Å². The first-order valence-electron chi connectivity index (χ1n) is 6.43. The maximum atomic E-state index is 12.1. The van der Waals surface area contributed by atoms with Gasteiger partial charge in [-0.15, -0.1) is 13.2 Å². The van der Waals surface area contributed by atoms with Gasteiger partial charge in [-0.25, -0.2) is 0 Å². The standard InChI is InChI=1S/C14H16F3N3O/c1-9(2)7-20-8-12(18)13(19-20)10-3-5-11(6-4-10)21-14(15,16)17/h3-6,8-9H,7,18H2,1-2H3. The Bertz CT molecular complexity index is 603. The van der Waals surface area contributed by atoms with E-state index < -0.39 is 6.36 Å². The number of anilines is 1. The highest BCUT2D eigenvalue weighted by Gasteiger charge is 2.31. The molecule has 0 aliphatic rings. The molecular formula is C14H16F3N3O. The van der Waals surface area contributed by atoms with Crippen LogP contribution in [0.2, 0.25) is 0 Å². The van der Waals surface area contributed by atoms with Crippen molar-refractivity contribution in [2.24, 2.45) is 5.92 Å². The third kappa shape index (κ3) is 4.14. The van der Waals surface area contributed by atoms with Crippen molar-refractivity contribution in [1.82, 2.24) is 9.78 Å². The Morgan fingerprint density at radius 1 is 1.24 bits per heavy atom. The molecule has 1 aromatic carbocycles. The van der Waals surface area contributed by atoms with E-state index in [0.717, 1.165) is 6.54 Å². The molecule has 1 aromatic heterocycles. The fourth-order valence-corrected chi connectivity index (χ4v) is 1.94. The van der Waals surface area contributed by atoms with E-state index in [1.807, 2.05) is 0 Å². The number of aromatic nitrogens is 2. The van der Waals surface area contributed by atoms with Crippen molar-refractivity contribution in [3.63, 3.8) is 0 Å². The van der Waals surface area contributed by atoms with Crippen molar-refractivity contribution >= 4 is 5.69 Å². The second-order valence-electron chi connectivity index (χ2n) is 5.12. The van der Waals surface area contributed by atoms with Crippen molar-refractivity contribution < 1.29 is 17.9 Å². The normalized spacial score (nSPS) is 11.9. The summed E-state index contributed by atoms with van der Waals surface area (Å²) in [7, 11) is 0. The summed E-state index contributed by atoms with van der Waals surface area (Å²) >= 11 is 0. The van der Waals surface area contributed by atoms with Crippen LogP contribution in [0.4, 0.5) is 18.9 Å². The zero-order chi connectivity index (χ0) is 15.6. The molecule has 114 valence electrons. The summed E-state index contributed by atoms with van der Waals surface area (Å²) in [5.41, 5.74) is 7.57. The van der Waals surface area contributed by atoms with Crippen LogP contribution in [0.5, 0.6) is 5.75 Å². The van der Waals surface area contributed by atoms with Crippen molar-refractivity contribution in [2.45, 2.75) is 26.8 Å². The van der Waals surface area contributed by atoms with E-state index in [2.05, 4.69) is 23.7 Å². The molecule has 0 aliphatic carbocycles. The van der Waals surface area contributed by atoms with Gasteiger partial charge < -0.3 is 10.5 Å². The van der Waals surface area contributed by atoms with Crippen LogP contribution in [0.25, 0.3) is 11.3 Å². The molecule has 2 N–H and O–H groups in total. The lowest BCUT2D eigenvalue weighted by atomic mass is 10.1. The van der Waals surface area contributed by atoms with Crippen LogP contribution >= 0.6 is 0 Å². The molecule has 21 heavy (non-hydrogen) atoms. The van der Waals surface area contributed by atoms with Gasteiger partial charge in [0.05, 0.1) is 5.69 Å². The Labute approximate surface area is 120 Å². The quantitative estimate of drug-likeness (QED) is 0.936. The van der Waals surface area contributed by atoms with E-state index >= 15 is 0 Å². The molecule has 0 atom stereocenters. The van der Waals surface area contributed by atoms with E-state index in [4.69, 9.17) is 5.73 Å². The van der Waals surface area contributed by atoms with Crippen LogP contribution in [0, 0.1) is 5.92 Å². The van der Waals surface area contributed by atoms with E-state index in [1.165, 1.54) is 24.3 Å². The lowest BCUT2D eigenvalue weighted by molar-refractivity contribution is -0.274. The van der Waals surface area contributed by atoms with Crippen LogP contribution in [-0.2, 0) is 6.54 Å². The highest BCUT2D eigenvalue weighted by Crippen LogP contribution is 2.28. The van der Waals surface area contributed by atoms with Crippen molar-refractivity contribution in [3.05, 3.63) is 30.5 Å². The Balaban J connectivity index is 2.20. The number of hydrogen-bond donors (Lipinski definition) is 1. The topological polar surface area (TPSA) is 53.1 Å². The highest BCUT2D eigenvalue weighted by molar-refractivity contribution is 5.72. The fraction of sp³-hybridized carbons (Fsp3) is 0.357. The molecule has 0 amide bonds. The Morgan fingerprint density at radius 2 is 1.86 bits per heavy atom. The minimum absolute atomic E-state index is 0.272. The van der Waals surface area contributed by atoms with E-state index in [-0.39, 0.29) is 5.75 Å². The van der Waals surface area contributed by atoms with Crippen molar-refractivity contribution in [1.29, 1.82) is 0 Å². The fourth-order valence-electron chi connectivity index (χ4n) is 1.94. The number of hydrogen-bond acceptors (Lipinski definition) is 3. The monoisotopic (exact) mass is 299 g/mol. The molecule has 0 aliphatic heterocycles. The molecule has 2 aromatic rings. The molecule has 0 spiro atoms. The van der Waals surface area contributed by atoms with E-state index in [0.29, 0.717) is 22.9 Å². The number of benzene rings is 1. The average molecular weight is 299 g/mol. The maximum Gasteiger partial charge on any atom is 0.573 e. The second kappa shape index (κ2) is 5.67. The average Bonchev–Trinajstić information content (AvgIpc) is 2.68. The first kappa shape index (κ1) is 15.2. The number of nitrogen functional groups attached to an aromatic ring is 1. The van der Waals surface area contributed by atoms with Crippen LogP contribution in [-0.4, -0.2) is 16.1 Å². The molecule has 0 bridgehead atoms. The van der Waals surface area contributed by atoms with Gasteiger partial charge >= 0.3 is 6.36 Å². The third-order valence-corrected chi connectivity index (χ3v) is 2.70. The number of alkyl halides is 3. The molecule has 4 nitrogen and oxygen atoms in total. The molecule has 0 saturated heterocycles. The summed E-state index contributed by atoms with van der Waals surface area (Å²) in [6.07, 6.45) is -2.98. The van der Waals surface area contributed by atoms with Gasteiger partial charge in [-0.3, -0.25) is 4.68 Å². The maximum absolute atomic E-state index is 12.1. The van der Waals surface area contributed by atoms with E-state index in [1.54, 1.807) is 10.9 Å². The number of nitrogens with zero attached hydrogens (tertiary/aromatic N) is 2. The zero-order valence-electron chi connectivity index (χ0n) is 11.7. The lowest BCUT2D eigenvalue weighted by Gasteiger charge is -2.09.